The molecule has 2 N–H and O–H groups in total. The van der Waals surface area contributed by atoms with Crippen molar-refractivity contribution >= 4 is 28.8 Å². The predicted molar refractivity (Wildman–Crippen MR) is 122 cm³/mol. The number of anilines is 1. The molecule has 7 nitrogen and oxygen atoms in total. The second kappa shape index (κ2) is 10.3. The van der Waals surface area contributed by atoms with E-state index in [9.17, 15) is 9.59 Å². The van der Waals surface area contributed by atoms with Gasteiger partial charge in [0.15, 0.2) is 0 Å². The average Bonchev–Trinajstić information content (AvgIpc) is 3.32. The van der Waals surface area contributed by atoms with Crippen LogP contribution in [0.25, 0.3) is 0 Å². The zero-order chi connectivity index (χ0) is 21.6. The second-order valence-corrected chi connectivity index (χ2v) is 9.08. The minimum absolute atomic E-state index is 0.00970. The lowest BCUT2D eigenvalue weighted by Crippen LogP contribution is -2.46. The minimum Gasteiger partial charge on any atom is -0.379 e. The molecule has 1 saturated heterocycles. The van der Waals surface area contributed by atoms with Gasteiger partial charge < -0.3 is 20.3 Å². The molecule has 2 amide bonds. The summed E-state index contributed by atoms with van der Waals surface area (Å²) >= 11 is 1.55. The molecule has 0 radical (unpaired) electrons. The largest absolute Gasteiger partial charge is 0.379 e. The van der Waals surface area contributed by atoms with Crippen molar-refractivity contribution in [1.82, 2.24) is 15.5 Å². The highest BCUT2D eigenvalue weighted by Gasteiger charge is 2.26. The van der Waals surface area contributed by atoms with Crippen LogP contribution in [0, 0.1) is 0 Å². The van der Waals surface area contributed by atoms with Crippen molar-refractivity contribution in [2.45, 2.75) is 25.4 Å². The summed E-state index contributed by atoms with van der Waals surface area (Å²) < 4.78 is 5.52. The normalized spacial score (nSPS) is 17.6. The first-order chi connectivity index (χ1) is 15.1. The summed E-state index contributed by atoms with van der Waals surface area (Å²) in [6.45, 7) is 4.81. The zero-order valence-corrected chi connectivity index (χ0v) is 18.7. The van der Waals surface area contributed by atoms with E-state index in [4.69, 9.17) is 4.74 Å². The maximum Gasteiger partial charge on any atom is 0.309 e. The Balaban J connectivity index is 1.43. The lowest BCUT2D eigenvalue weighted by atomic mass is 9.95. The molecule has 31 heavy (non-hydrogen) atoms. The molecular formula is C23H30N4O3S. The fourth-order valence-electron chi connectivity index (χ4n) is 4.29. The van der Waals surface area contributed by atoms with Crippen molar-refractivity contribution < 1.29 is 14.3 Å². The van der Waals surface area contributed by atoms with Gasteiger partial charge in [0, 0.05) is 43.8 Å². The smallest absolute Gasteiger partial charge is 0.309 e. The van der Waals surface area contributed by atoms with E-state index < -0.39 is 11.8 Å². The van der Waals surface area contributed by atoms with Gasteiger partial charge in [0.25, 0.3) is 0 Å². The maximum absolute atomic E-state index is 12.4. The number of morpholine rings is 1. The van der Waals surface area contributed by atoms with Crippen molar-refractivity contribution in [2.75, 3.05) is 51.3 Å². The molecule has 3 heterocycles. The van der Waals surface area contributed by atoms with Crippen LogP contribution >= 0.6 is 11.3 Å². The highest BCUT2D eigenvalue weighted by molar-refractivity contribution is 7.09. The molecule has 1 atom stereocenters. The summed E-state index contributed by atoms with van der Waals surface area (Å²) in [7, 11) is 2.13. The summed E-state index contributed by atoms with van der Waals surface area (Å²) in [5, 5.41) is 7.50. The Bertz CT molecular complexity index is 896. The summed E-state index contributed by atoms with van der Waals surface area (Å²) in [4.78, 5) is 30.3. The van der Waals surface area contributed by atoms with Crippen molar-refractivity contribution in [2.24, 2.45) is 0 Å². The predicted octanol–water partition coefficient (Wildman–Crippen LogP) is 1.94. The number of nitrogens with zero attached hydrogens (tertiary/aromatic N) is 2. The Morgan fingerprint density at radius 2 is 1.94 bits per heavy atom. The minimum atomic E-state index is -0.596. The van der Waals surface area contributed by atoms with E-state index in [0.29, 0.717) is 26.3 Å². The van der Waals surface area contributed by atoms with Crippen molar-refractivity contribution in [3.05, 3.63) is 51.7 Å². The van der Waals surface area contributed by atoms with Crippen molar-refractivity contribution in [1.29, 1.82) is 0 Å². The van der Waals surface area contributed by atoms with E-state index in [-0.39, 0.29) is 6.04 Å². The highest BCUT2D eigenvalue weighted by Crippen LogP contribution is 2.30. The van der Waals surface area contributed by atoms with E-state index >= 15 is 0 Å². The number of hydrogen-bond acceptors (Lipinski definition) is 6. The van der Waals surface area contributed by atoms with Crippen LogP contribution in [0.4, 0.5) is 5.69 Å². The number of carbonyl (C=O) groups is 2. The number of carbonyl (C=O) groups excluding carboxylic acids is 2. The Hall–Kier alpha value is -2.42. The van der Waals surface area contributed by atoms with Gasteiger partial charge >= 0.3 is 11.8 Å². The van der Waals surface area contributed by atoms with Crippen LogP contribution < -0.4 is 15.5 Å². The van der Waals surface area contributed by atoms with E-state index in [1.807, 2.05) is 17.5 Å². The molecule has 0 unspecified atom stereocenters. The van der Waals surface area contributed by atoms with Gasteiger partial charge in [-0.3, -0.25) is 14.5 Å². The number of aryl methyl sites for hydroxylation is 1. The number of hydrogen-bond donors (Lipinski definition) is 2. The monoisotopic (exact) mass is 442 g/mol. The van der Waals surface area contributed by atoms with E-state index in [1.165, 1.54) is 16.8 Å². The van der Waals surface area contributed by atoms with Gasteiger partial charge in [-0.15, -0.1) is 11.3 Å². The summed E-state index contributed by atoms with van der Waals surface area (Å²) in [5.41, 5.74) is 3.81. The average molecular weight is 443 g/mol. The maximum atomic E-state index is 12.4. The van der Waals surface area contributed by atoms with Gasteiger partial charge in [-0.1, -0.05) is 18.2 Å². The SMILES string of the molecule is CN1CCCc2cc([C@@H](CNC(=O)C(=O)NCc3cccs3)N3CCOCC3)ccc21. The quantitative estimate of drug-likeness (QED) is 0.669. The third kappa shape index (κ3) is 5.44. The van der Waals surface area contributed by atoms with Crippen LogP contribution in [0.15, 0.2) is 35.7 Å². The molecule has 0 saturated carbocycles. The fraction of sp³-hybridized carbons (Fsp3) is 0.478. The van der Waals surface area contributed by atoms with Crippen LogP contribution in [0.5, 0.6) is 0 Å². The van der Waals surface area contributed by atoms with Gasteiger partial charge in [-0.2, -0.15) is 0 Å². The van der Waals surface area contributed by atoms with Gasteiger partial charge in [-0.25, -0.2) is 0 Å². The third-order valence-corrected chi connectivity index (χ3v) is 6.87. The van der Waals surface area contributed by atoms with Gasteiger partial charge in [0.1, 0.15) is 0 Å². The molecule has 1 aromatic heterocycles. The molecule has 0 aliphatic carbocycles. The first-order valence-electron chi connectivity index (χ1n) is 10.9. The topological polar surface area (TPSA) is 73.9 Å². The van der Waals surface area contributed by atoms with Crippen molar-refractivity contribution in [3.8, 4) is 0 Å². The number of amides is 2. The molecule has 0 bridgehead atoms. The van der Waals surface area contributed by atoms with Gasteiger partial charge in [0.05, 0.1) is 25.8 Å². The first kappa shape index (κ1) is 21.8. The Kier molecular flexibility index (Phi) is 7.21. The third-order valence-electron chi connectivity index (χ3n) is 5.99. The van der Waals surface area contributed by atoms with Crippen LogP contribution in [-0.4, -0.2) is 63.2 Å². The van der Waals surface area contributed by atoms with Crippen LogP contribution in [0.3, 0.4) is 0 Å². The van der Waals surface area contributed by atoms with Crippen LogP contribution in [-0.2, 0) is 27.3 Å². The number of thiophene rings is 1. The number of rotatable bonds is 6. The fourth-order valence-corrected chi connectivity index (χ4v) is 4.93. The summed E-state index contributed by atoms with van der Waals surface area (Å²) in [6, 6.07) is 10.5. The number of fused-ring (bicyclic) bond motifs is 1. The lowest BCUT2D eigenvalue weighted by molar-refractivity contribution is -0.139. The number of nitrogens with one attached hydrogen (secondary N) is 2. The Morgan fingerprint density at radius 1 is 1.13 bits per heavy atom. The van der Waals surface area contributed by atoms with Gasteiger partial charge in [-0.05, 0) is 41.5 Å². The molecule has 8 heteroatoms. The van der Waals surface area contributed by atoms with Crippen molar-refractivity contribution in [3.63, 3.8) is 0 Å². The van der Waals surface area contributed by atoms with Crippen LogP contribution in [0.1, 0.15) is 28.5 Å². The summed E-state index contributed by atoms with van der Waals surface area (Å²) in [6.07, 6.45) is 2.22. The Morgan fingerprint density at radius 3 is 2.71 bits per heavy atom. The molecule has 0 spiro atoms. The molecule has 2 aliphatic rings. The van der Waals surface area contributed by atoms with Gasteiger partial charge in [0.2, 0.25) is 0 Å². The standard InChI is InChI=1S/C23H30N4O3S/c1-26-8-2-4-17-14-18(6-7-20(17)26)21(27-9-11-30-12-10-27)16-25-23(29)22(28)24-15-19-5-3-13-31-19/h3,5-7,13-14,21H,2,4,8-12,15-16H2,1H3,(H,24,28)(H,25,29)/t21-/m1/s1. The first-order valence-corrected chi connectivity index (χ1v) is 11.7. The Labute approximate surface area is 187 Å². The number of benzene rings is 1. The van der Waals surface area contributed by atoms with Crippen LogP contribution in [0.2, 0.25) is 0 Å². The lowest BCUT2D eigenvalue weighted by Gasteiger charge is -2.36. The molecule has 1 aromatic carbocycles. The van der Waals surface area contributed by atoms with E-state index in [1.54, 1.807) is 11.3 Å². The summed E-state index contributed by atoms with van der Waals surface area (Å²) in [5.74, 6) is -1.19. The molecule has 166 valence electrons. The van der Waals surface area contributed by atoms with E-state index in [0.717, 1.165) is 37.4 Å². The number of ether oxygens (including phenoxy) is 1. The molecule has 4 rings (SSSR count). The highest BCUT2D eigenvalue weighted by atomic mass is 32.1. The molecular weight excluding hydrogens is 412 g/mol. The molecule has 1 fully saturated rings. The second-order valence-electron chi connectivity index (χ2n) is 8.05. The van der Waals surface area contributed by atoms with E-state index in [2.05, 4.69) is 45.7 Å². The molecule has 2 aliphatic heterocycles. The zero-order valence-electron chi connectivity index (χ0n) is 17.9. The molecule has 2 aromatic rings.